The lowest BCUT2D eigenvalue weighted by atomic mass is 9.69. The van der Waals surface area contributed by atoms with Crippen molar-refractivity contribution in [2.75, 3.05) is 7.11 Å². The van der Waals surface area contributed by atoms with Crippen LogP contribution >= 0.6 is 15.9 Å². The molecule has 0 bridgehead atoms. The Bertz CT molecular complexity index is 536. The van der Waals surface area contributed by atoms with Crippen LogP contribution in [0.1, 0.15) is 43.2 Å². The largest absolute Gasteiger partial charge is 0.492 e. The van der Waals surface area contributed by atoms with Gasteiger partial charge in [0.2, 0.25) is 0 Å². The van der Waals surface area contributed by atoms with Crippen molar-refractivity contribution in [2.24, 2.45) is 0 Å². The smallest absolute Gasteiger partial charge is 0.314 e. The second-order valence-corrected chi connectivity index (χ2v) is 6.14. The molecule has 0 heterocycles. The van der Waals surface area contributed by atoms with Crippen LogP contribution in [-0.2, 0) is 10.2 Å². The van der Waals surface area contributed by atoms with Crippen molar-refractivity contribution in [1.82, 2.24) is 0 Å². The minimum atomic E-state index is -1.12. The van der Waals surface area contributed by atoms with Gasteiger partial charge in [-0.1, -0.05) is 25.3 Å². The second kappa shape index (κ2) is 5.72. The molecule has 0 spiro atoms. The summed E-state index contributed by atoms with van der Waals surface area (Å²) in [5, 5.41) is 9.67. The Morgan fingerprint density at radius 1 is 1.40 bits per heavy atom. The number of methoxy groups -OCH3 is 1. The first kappa shape index (κ1) is 15.3. The molecule has 0 atom stereocenters. The Morgan fingerprint density at radius 3 is 2.50 bits per heavy atom. The van der Waals surface area contributed by atoms with Gasteiger partial charge in [0.15, 0.2) is 11.6 Å². The molecule has 0 aliphatic heterocycles. The van der Waals surface area contributed by atoms with Crippen LogP contribution in [0.25, 0.3) is 0 Å². The van der Waals surface area contributed by atoms with Crippen molar-refractivity contribution < 1.29 is 19.0 Å². The fraction of sp³-hybridized carbons (Fsp3) is 0.533. The zero-order chi connectivity index (χ0) is 14.9. The molecule has 3 nitrogen and oxygen atoms in total. The summed E-state index contributed by atoms with van der Waals surface area (Å²) >= 11 is 3.29. The minimum absolute atomic E-state index is 0.0891. The van der Waals surface area contributed by atoms with Crippen molar-refractivity contribution in [1.29, 1.82) is 0 Å². The van der Waals surface area contributed by atoms with E-state index in [0.717, 1.165) is 24.8 Å². The van der Waals surface area contributed by atoms with E-state index in [9.17, 15) is 14.3 Å². The first-order chi connectivity index (χ1) is 9.44. The van der Waals surface area contributed by atoms with Gasteiger partial charge in [-0.2, -0.15) is 0 Å². The maximum atomic E-state index is 14.7. The molecule has 0 unspecified atom stereocenters. The van der Waals surface area contributed by atoms with Gasteiger partial charge in [0.1, 0.15) is 0 Å². The summed E-state index contributed by atoms with van der Waals surface area (Å²) in [6, 6.07) is 1.64. The summed E-state index contributed by atoms with van der Waals surface area (Å²) in [6.45, 7) is 1.81. The lowest BCUT2D eigenvalue weighted by Crippen LogP contribution is -2.38. The summed E-state index contributed by atoms with van der Waals surface area (Å²) in [5.41, 5.74) is -0.0900. The normalized spacial score (nSPS) is 17.8. The molecule has 1 aromatic rings. The van der Waals surface area contributed by atoms with Crippen LogP contribution in [0, 0.1) is 12.7 Å². The fourth-order valence-corrected chi connectivity index (χ4v) is 3.47. The van der Waals surface area contributed by atoms with Gasteiger partial charge in [-0.3, -0.25) is 4.79 Å². The van der Waals surface area contributed by atoms with E-state index in [1.54, 1.807) is 6.07 Å². The molecule has 1 aliphatic carbocycles. The van der Waals surface area contributed by atoms with E-state index in [1.165, 1.54) is 7.11 Å². The highest BCUT2D eigenvalue weighted by molar-refractivity contribution is 9.10. The third kappa shape index (κ3) is 2.32. The van der Waals surface area contributed by atoms with Gasteiger partial charge < -0.3 is 9.84 Å². The highest BCUT2D eigenvalue weighted by atomic mass is 79.9. The Morgan fingerprint density at radius 2 is 2.00 bits per heavy atom. The van der Waals surface area contributed by atoms with Crippen LogP contribution in [0.3, 0.4) is 0 Å². The molecule has 1 aromatic carbocycles. The molecular formula is C15H18BrFO3. The standard InChI is InChI=1S/C15H18BrFO3/c1-9-8-10(12(17)13(20-2)11(9)16)15(14(18)19)6-4-3-5-7-15/h8H,3-7H2,1-2H3,(H,18,19). The number of halogens is 2. The van der Waals surface area contributed by atoms with E-state index in [1.807, 2.05) is 6.92 Å². The SMILES string of the molecule is COc1c(F)c(C2(C(=O)O)CCCCC2)cc(C)c1Br. The average Bonchev–Trinajstić information content (AvgIpc) is 2.44. The average molecular weight is 345 g/mol. The minimum Gasteiger partial charge on any atom is -0.492 e. The molecule has 1 N–H and O–H groups in total. The molecule has 20 heavy (non-hydrogen) atoms. The monoisotopic (exact) mass is 344 g/mol. The fourth-order valence-electron chi connectivity index (χ4n) is 3.02. The number of carbonyl (C=O) groups is 1. The Labute approximate surface area is 126 Å². The zero-order valence-corrected chi connectivity index (χ0v) is 13.2. The van der Waals surface area contributed by atoms with Crippen LogP contribution in [0.5, 0.6) is 5.75 Å². The first-order valence-electron chi connectivity index (χ1n) is 6.70. The summed E-state index contributed by atoms with van der Waals surface area (Å²) in [6.07, 6.45) is 3.57. The van der Waals surface area contributed by atoms with Gasteiger partial charge in [-0.05, 0) is 41.3 Å². The van der Waals surface area contributed by atoms with E-state index in [4.69, 9.17) is 4.74 Å². The highest BCUT2D eigenvalue weighted by Gasteiger charge is 2.44. The van der Waals surface area contributed by atoms with Gasteiger partial charge in [0.05, 0.1) is 17.0 Å². The van der Waals surface area contributed by atoms with E-state index >= 15 is 0 Å². The predicted octanol–water partition coefficient (Wildman–Crippen LogP) is 4.19. The lowest BCUT2D eigenvalue weighted by Gasteiger charge is -2.34. The first-order valence-corrected chi connectivity index (χ1v) is 7.50. The Balaban J connectivity index is 2.66. The van der Waals surface area contributed by atoms with Gasteiger partial charge in [0, 0.05) is 5.56 Å². The molecule has 1 saturated carbocycles. The third-order valence-corrected chi connectivity index (χ3v) is 5.16. The van der Waals surface area contributed by atoms with Crippen LogP contribution in [-0.4, -0.2) is 18.2 Å². The lowest BCUT2D eigenvalue weighted by molar-refractivity contribution is -0.145. The van der Waals surface area contributed by atoms with Crippen LogP contribution in [0.4, 0.5) is 4.39 Å². The number of carboxylic acids is 1. The quantitative estimate of drug-likeness (QED) is 0.894. The number of carboxylic acid groups (broad SMARTS) is 1. The molecule has 1 fully saturated rings. The van der Waals surface area contributed by atoms with Crippen molar-refractivity contribution >= 4 is 21.9 Å². The van der Waals surface area contributed by atoms with Gasteiger partial charge in [0.25, 0.3) is 0 Å². The molecule has 5 heteroatoms. The number of aliphatic carboxylic acids is 1. The summed E-state index contributed by atoms with van der Waals surface area (Å²) in [7, 11) is 1.39. The van der Waals surface area contributed by atoms with Crippen LogP contribution < -0.4 is 4.74 Å². The van der Waals surface area contributed by atoms with Crippen molar-refractivity contribution in [3.63, 3.8) is 0 Å². The number of ether oxygens (including phenoxy) is 1. The van der Waals surface area contributed by atoms with E-state index < -0.39 is 17.2 Å². The molecule has 2 rings (SSSR count). The maximum absolute atomic E-state index is 14.7. The zero-order valence-electron chi connectivity index (χ0n) is 11.6. The number of hydrogen-bond donors (Lipinski definition) is 1. The summed E-state index contributed by atoms with van der Waals surface area (Å²) in [5.74, 6) is -1.42. The van der Waals surface area contributed by atoms with Crippen molar-refractivity contribution in [2.45, 2.75) is 44.4 Å². The summed E-state index contributed by atoms with van der Waals surface area (Å²) < 4.78 is 20.3. The van der Waals surface area contributed by atoms with E-state index in [2.05, 4.69) is 15.9 Å². The topological polar surface area (TPSA) is 46.5 Å². The number of benzene rings is 1. The molecule has 0 aromatic heterocycles. The summed E-state index contributed by atoms with van der Waals surface area (Å²) in [4.78, 5) is 11.8. The van der Waals surface area contributed by atoms with Crippen molar-refractivity contribution in [3.8, 4) is 5.75 Å². The molecule has 0 radical (unpaired) electrons. The number of hydrogen-bond acceptors (Lipinski definition) is 2. The maximum Gasteiger partial charge on any atom is 0.314 e. The van der Waals surface area contributed by atoms with Crippen molar-refractivity contribution in [3.05, 3.63) is 27.5 Å². The van der Waals surface area contributed by atoms with Gasteiger partial charge >= 0.3 is 5.97 Å². The van der Waals surface area contributed by atoms with Gasteiger partial charge in [-0.15, -0.1) is 0 Å². The molecule has 1 aliphatic rings. The van der Waals surface area contributed by atoms with E-state index in [0.29, 0.717) is 17.3 Å². The molecule has 0 saturated heterocycles. The van der Waals surface area contributed by atoms with Crippen LogP contribution in [0.15, 0.2) is 10.5 Å². The van der Waals surface area contributed by atoms with Crippen LogP contribution in [0.2, 0.25) is 0 Å². The second-order valence-electron chi connectivity index (χ2n) is 5.35. The molecule has 0 amide bonds. The Kier molecular flexibility index (Phi) is 4.37. The van der Waals surface area contributed by atoms with Gasteiger partial charge in [-0.25, -0.2) is 4.39 Å². The Hall–Kier alpha value is -1.10. The van der Waals surface area contributed by atoms with E-state index in [-0.39, 0.29) is 11.3 Å². The molecular weight excluding hydrogens is 327 g/mol. The third-order valence-electron chi connectivity index (χ3n) is 4.18. The molecule has 110 valence electrons. The predicted molar refractivity (Wildman–Crippen MR) is 77.8 cm³/mol. The number of rotatable bonds is 3. The highest BCUT2D eigenvalue weighted by Crippen LogP contribution is 2.45. The number of aryl methyl sites for hydroxylation is 1.